The first-order valence-electron chi connectivity index (χ1n) is 11.7. The van der Waals surface area contributed by atoms with Gasteiger partial charge < -0.3 is 18.9 Å². The molecule has 1 aliphatic rings. The van der Waals surface area contributed by atoms with Gasteiger partial charge in [-0.2, -0.15) is 0 Å². The Morgan fingerprint density at radius 2 is 1.14 bits per heavy atom. The zero-order valence-electron chi connectivity index (χ0n) is 20.1. The molecule has 4 rings (SSSR count). The average Bonchev–Trinajstić information content (AvgIpc) is 3.19. The monoisotopic (exact) mass is 580 g/mol. The van der Waals surface area contributed by atoms with Crippen molar-refractivity contribution in [3.63, 3.8) is 0 Å². The summed E-state index contributed by atoms with van der Waals surface area (Å²) in [5.74, 6) is -0.378. The quantitative estimate of drug-likeness (QED) is 0.221. The average molecular weight is 582 g/mol. The number of halogens is 3. The van der Waals surface area contributed by atoms with Crippen LogP contribution >= 0.6 is 46.6 Å². The molecule has 196 valence electrons. The minimum atomic E-state index is -0.538. The molecule has 1 unspecified atom stereocenters. The molecule has 3 aromatic carbocycles. The van der Waals surface area contributed by atoms with Gasteiger partial charge in [0.1, 0.15) is 12.2 Å². The number of rotatable bonds is 11. The molecule has 1 fully saturated rings. The van der Waals surface area contributed by atoms with E-state index in [1.54, 1.807) is 0 Å². The highest BCUT2D eigenvalue weighted by molar-refractivity contribution is 8.00. The van der Waals surface area contributed by atoms with E-state index in [4.69, 9.17) is 53.8 Å². The van der Waals surface area contributed by atoms with Crippen molar-refractivity contribution in [2.45, 2.75) is 49.6 Å². The number of hydrogen-bond donors (Lipinski definition) is 0. The predicted molar refractivity (Wildman–Crippen MR) is 148 cm³/mol. The molecule has 0 amide bonds. The van der Waals surface area contributed by atoms with Crippen molar-refractivity contribution < 1.29 is 23.7 Å². The van der Waals surface area contributed by atoms with E-state index in [-0.39, 0.29) is 17.3 Å². The van der Waals surface area contributed by atoms with Crippen molar-refractivity contribution in [2.24, 2.45) is 0 Å². The van der Waals surface area contributed by atoms with Gasteiger partial charge in [0, 0.05) is 22.0 Å². The molecule has 3 aromatic rings. The molecule has 1 aliphatic heterocycles. The minimum Gasteiger partial charge on any atom is -0.449 e. The summed E-state index contributed by atoms with van der Waals surface area (Å²) >= 11 is 19.5. The second-order valence-corrected chi connectivity index (χ2v) is 11.2. The lowest BCUT2D eigenvalue weighted by atomic mass is 10.1. The standard InChI is InChI=1S/C28H27Cl3O5S/c1-18(32)36-28-27(35-16-21-6-12-24(31)13-7-21)26(34-15-20-4-10-23(30)11-5-20)25(37-28)17-33-14-19-2-8-22(29)9-3-19/h2-13,25-28H,14-17H2,1H3/t25-,26+,27-,28?/m1/s1. The Hall–Kier alpha value is -1.77. The van der Waals surface area contributed by atoms with Gasteiger partial charge in [-0.3, -0.25) is 4.79 Å². The lowest BCUT2D eigenvalue weighted by Crippen LogP contribution is -2.40. The summed E-state index contributed by atoms with van der Waals surface area (Å²) < 4.78 is 24.4. The molecule has 9 heteroatoms. The fourth-order valence-electron chi connectivity index (χ4n) is 3.88. The summed E-state index contributed by atoms with van der Waals surface area (Å²) in [5.41, 5.74) is 2.40. The molecule has 0 N–H and O–H groups in total. The first-order valence-corrected chi connectivity index (χ1v) is 13.8. The summed E-state index contributed by atoms with van der Waals surface area (Å²) in [5, 5.41) is 1.86. The van der Waals surface area contributed by atoms with Gasteiger partial charge in [-0.1, -0.05) is 71.2 Å². The van der Waals surface area contributed by atoms with Crippen LogP contribution in [-0.2, 0) is 43.6 Å². The molecule has 1 saturated heterocycles. The van der Waals surface area contributed by atoms with E-state index in [2.05, 4.69) is 0 Å². The molecule has 0 aromatic heterocycles. The SMILES string of the molecule is CC(=O)OC1S[C@H](COCc2ccc(Cl)cc2)[C@H](OCc2ccc(Cl)cc2)[C@H]1OCc1ccc(Cl)cc1. The van der Waals surface area contributed by atoms with Crippen LogP contribution in [0.2, 0.25) is 15.1 Å². The maximum Gasteiger partial charge on any atom is 0.303 e. The highest BCUT2D eigenvalue weighted by atomic mass is 35.5. The molecule has 1 heterocycles. The van der Waals surface area contributed by atoms with Gasteiger partial charge >= 0.3 is 5.97 Å². The van der Waals surface area contributed by atoms with Crippen LogP contribution in [0.1, 0.15) is 23.6 Å². The molecular weight excluding hydrogens is 555 g/mol. The number of carbonyl (C=O) groups is 1. The smallest absolute Gasteiger partial charge is 0.303 e. The fraction of sp³-hybridized carbons (Fsp3) is 0.321. The Balaban J connectivity index is 1.48. The molecule has 0 radical (unpaired) electrons. The molecule has 0 saturated carbocycles. The summed E-state index contributed by atoms with van der Waals surface area (Å²) in [6.45, 7) is 2.87. The van der Waals surface area contributed by atoms with Crippen molar-refractivity contribution in [1.29, 1.82) is 0 Å². The second-order valence-electron chi connectivity index (χ2n) is 8.60. The summed E-state index contributed by atoms with van der Waals surface area (Å²) in [6, 6.07) is 22.5. The van der Waals surface area contributed by atoms with Gasteiger partial charge in [0.2, 0.25) is 0 Å². The maximum atomic E-state index is 11.9. The molecule has 0 aliphatic carbocycles. The lowest BCUT2D eigenvalue weighted by molar-refractivity contribution is -0.155. The van der Waals surface area contributed by atoms with Crippen LogP contribution in [0.3, 0.4) is 0 Å². The third-order valence-electron chi connectivity index (χ3n) is 5.73. The van der Waals surface area contributed by atoms with Crippen LogP contribution in [0.4, 0.5) is 0 Å². The first-order chi connectivity index (χ1) is 17.9. The van der Waals surface area contributed by atoms with Gasteiger partial charge in [-0.05, 0) is 53.1 Å². The Bertz CT molecular complexity index is 1140. The number of esters is 1. The fourth-order valence-corrected chi connectivity index (χ4v) is 5.75. The number of ether oxygens (including phenoxy) is 4. The van der Waals surface area contributed by atoms with E-state index in [0.717, 1.165) is 16.7 Å². The first kappa shape index (κ1) is 28.2. The molecule has 5 nitrogen and oxygen atoms in total. The van der Waals surface area contributed by atoms with Gasteiger partial charge in [0.25, 0.3) is 0 Å². The van der Waals surface area contributed by atoms with Gasteiger partial charge in [-0.15, -0.1) is 11.8 Å². The van der Waals surface area contributed by atoms with Crippen LogP contribution in [0, 0.1) is 0 Å². The zero-order chi connectivity index (χ0) is 26.2. The van der Waals surface area contributed by atoms with Gasteiger partial charge in [-0.25, -0.2) is 0 Å². The summed E-state index contributed by atoms with van der Waals surface area (Å²) in [7, 11) is 0. The zero-order valence-corrected chi connectivity index (χ0v) is 23.2. The van der Waals surface area contributed by atoms with Crippen molar-refractivity contribution in [3.8, 4) is 0 Å². The van der Waals surface area contributed by atoms with Crippen molar-refractivity contribution >= 4 is 52.5 Å². The number of benzene rings is 3. The highest BCUT2D eigenvalue weighted by Crippen LogP contribution is 2.40. The third-order valence-corrected chi connectivity index (χ3v) is 7.87. The minimum absolute atomic E-state index is 0.126. The van der Waals surface area contributed by atoms with E-state index in [0.29, 0.717) is 41.5 Å². The van der Waals surface area contributed by atoms with Crippen LogP contribution < -0.4 is 0 Å². The predicted octanol–water partition coefficient (Wildman–Crippen LogP) is 7.34. The van der Waals surface area contributed by atoms with Crippen LogP contribution in [0.25, 0.3) is 0 Å². The third kappa shape index (κ3) is 8.62. The Labute approximate surface area is 236 Å². The summed E-state index contributed by atoms with van der Waals surface area (Å²) in [4.78, 5) is 11.9. The number of thioether (sulfide) groups is 1. The van der Waals surface area contributed by atoms with Gasteiger partial charge in [0.15, 0.2) is 5.44 Å². The second kappa shape index (κ2) is 13.9. The van der Waals surface area contributed by atoms with E-state index >= 15 is 0 Å². The largest absolute Gasteiger partial charge is 0.449 e. The Morgan fingerprint density at radius 3 is 1.59 bits per heavy atom. The van der Waals surface area contributed by atoms with E-state index in [9.17, 15) is 4.79 Å². The van der Waals surface area contributed by atoms with E-state index in [1.807, 2.05) is 72.8 Å². The topological polar surface area (TPSA) is 54.0 Å². The molecular formula is C28H27Cl3O5S. The lowest BCUT2D eigenvalue weighted by Gasteiger charge is -2.26. The van der Waals surface area contributed by atoms with E-state index in [1.165, 1.54) is 18.7 Å². The Morgan fingerprint density at radius 1 is 0.703 bits per heavy atom. The summed E-state index contributed by atoms with van der Waals surface area (Å²) in [6.07, 6.45) is -0.886. The molecule has 37 heavy (non-hydrogen) atoms. The van der Waals surface area contributed by atoms with Crippen LogP contribution in [0.15, 0.2) is 72.8 Å². The number of hydrogen-bond acceptors (Lipinski definition) is 6. The highest BCUT2D eigenvalue weighted by Gasteiger charge is 2.48. The normalized spacial score (nSPS) is 21.2. The van der Waals surface area contributed by atoms with Crippen LogP contribution in [-0.4, -0.2) is 35.5 Å². The molecule has 4 atom stereocenters. The van der Waals surface area contributed by atoms with Crippen molar-refractivity contribution in [2.75, 3.05) is 6.61 Å². The maximum absolute atomic E-state index is 11.9. The van der Waals surface area contributed by atoms with Crippen molar-refractivity contribution in [1.82, 2.24) is 0 Å². The Kier molecular flexibility index (Phi) is 10.6. The molecule has 0 bridgehead atoms. The van der Waals surface area contributed by atoms with E-state index < -0.39 is 11.5 Å². The van der Waals surface area contributed by atoms with Gasteiger partial charge in [0.05, 0.1) is 31.7 Å². The molecule has 0 spiro atoms. The number of carbonyl (C=O) groups excluding carboxylic acids is 1. The van der Waals surface area contributed by atoms with Crippen molar-refractivity contribution in [3.05, 3.63) is 105 Å². The van der Waals surface area contributed by atoms with Crippen LogP contribution in [0.5, 0.6) is 0 Å².